The molecule has 1 aliphatic rings. The van der Waals surface area contributed by atoms with Crippen LogP contribution >= 0.6 is 0 Å². The molecule has 1 fully saturated rings. The third-order valence-electron chi connectivity index (χ3n) is 3.25. The summed E-state index contributed by atoms with van der Waals surface area (Å²) in [4.78, 5) is 11.9. The van der Waals surface area contributed by atoms with Crippen molar-refractivity contribution in [3.05, 3.63) is 17.5 Å². The van der Waals surface area contributed by atoms with Crippen molar-refractivity contribution in [2.45, 2.75) is 19.8 Å². The van der Waals surface area contributed by atoms with Crippen molar-refractivity contribution in [3.8, 4) is 0 Å². The molecule has 2 unspecified atom stereocenters. The molecule has 5 heteroatoms. The van der Waals surface area contributed by atoms with E-state index < -0.39 is 0 Å². The maximum Gasteiger partial charge on any atom is 0.310 e. The molecule has 0 bridgehead atoms. The fourth-order valence-corrected chi connectivity index (χ4v) is 2.48. The first-order valence-corrected chi connectivity index (χ1v) is 6.01. The molecule has 5 nitrogen and oxygen atoms in total. The van der Waals surface area contributed by atoms with Gasteiger partial charge < -0.3 is 10.1 Å². The Labute approximate surface area is 101 Å². The predicted molar refractivity (Wildman–Crippen MR) is 63.7 cm³/mol. The minimum absolute atomic E-state index is 0.0853. The molecule has 0 spiro atoms. The maximum absolute atomic E-state index is 11.9. The largest absolute Gasteiger partial charge is 0.466 e. The van der Waals surface area contributed by atoms with E-state index in [0.29, 0.717) is 13.2 Å². The number of rotatable bonds is 3. The zero-order chi connectivity index (χ0) is 12.4. The molecule has 1 N–H and O–H groups in total. The van der Waals surface area contributed by atoms with Gasteiger partial charge in [-0.05, 0) is 19.4 Å². The van der Waals surface area contributed by atoms with E-state index in [1.165, 1.54) is 0 Å². The van der Waals surface area contributed by atoms with Gasteiger partial charge >= 0.3 is 5.97 Å². The van der Waals surface area contributed by atoms with Crippen LogP contribution in [0.15, 0.2) is 6.20 Å². The number of nitrogens with zero attached hydrogens (tertiary/aromatic N) is 2. The average molecular weight is 237 g/mol. The number of carbonyl (C=O) groups is 1. The Morgan fingerprint density at radius 2 is 2.41 bits per heavy atom. The van der Waals surface area contributed by atoms with Gasteiger partial charge in [-0.2, -0.15) is 5.10 Å². The van der Waals surface area contributed by atoms with Gasteiger partial charge in [0, 0.05) is 32.3 Å². The van der Waals surface area contributed by atoms with Crippen molar-refractivity contribution in [3.63, 3.8) is 0 Å². The smallest absolute Gasteiger partial charge is 0.310 e. The summed E-state index contributed by atoms with van der Waals surface area (Å²) in [5.41, 5.74) is 2.14. The Hall–Kier alpha value is -1.36. The quantitative estimate of drug-likeness (QED) is 0.782. The standard InChI is InChI=1S/C12H19N3O2/c1-4-17-12(16)10-6-13-5-9(10)11-7-15(3)14-8(11)2/h7,9-10,13H,4-6H2,1-3H3. The third-order valence-corrected chi connectivity index (χ3v) is 3.25. The number of ether oxygens (including phenoxy) is 1. The highest BCUT2D eigenvalue weighted by molar-refractivity contribution is 5.74. The summed E-state index contributed by atoms with van der Waals surface area (Å²) in [6, 6.07) is 0. The van der Waals surface area contributed by atoms with Gasteiger partial charge in [0.1, 0.15) is 0 Å². The molecule has 1 aliphatic heterocycles. The molecule has 2 atom stereocenters. The van der Waals surface area contributed by atoms with Crippen LogP contribution in [0, 0.1) is 12.8 Å². The highest BCUT2D eigenvalue weighted by Gasteiger charge is 2.36. The molecular formula is C12H19N3O2. The van der Waals surface area contributed by atoms with Crippen molar-refractivity contribution in [2.75, 3.05) is 19.7 Å². The van der Waals surface area contributed by atoms with E-state index in [9.17, 15) is 4.79 Å². The van der Waals surface area contributed by atoms with E-state index in [4.69, 9.17) is 4.74 Å². The zero-order valence-corrected chi connectivity index (χ0v) is 10.6. The van der Waals surface area contributed by atoms with Gasteiger partial charge in [-0.1, -0.05) is 0 Å². The van der Waals surface area contributed by atoms with Gasteiger partial charge in [-0.3, -0.25) is 9.48 Å². The zero-order valence-electron chi connectivity index (χ0n) is 10.6. The van der Waals surface area contributed by atoms with Gasteiger partial charge in [-0.15, -0.1) is 0 Å². The van der Waals surface area contributed by atoms with Crippen LogP contribution in [-0.4, -0.2) is 35.4 Å². The summed E-state index contributed by atoms with van der Waals surface area (Å²) in [7, 11) is 1.90. The molecule has 0 radical (unpaired) electrons. The Morgan fingerprint density at radius 1 is 1.65 bits per heavy atom. The number of nitrogens with one attached hydrogen (secondary N) is 1. The van der Waals surface area contributed by atoms with Crippen LogP contribution in [-0.2, 0) is 16.6 Å². The summed E-state index contributed by atoms with van der Waals surface area (Å²) in [5, 5.41) is 7.59. The monoisotopic (exact) mass is 237 g/mol. The van der Waals surface area contributed by atoms with E-state index in [1.54, 1.807) is 4.68 Å². The Morgan fingerprint density at radius 3 is 3.00 bits per heavy atom. The first-order chi connectivity index (χ1) is 8.13. The molecule has 0 aromatic carbocycles. The van der Waals surface area contributed by atoms with Crippen LogP contribution in [0.5, 0.6) is 0 Å². The minimum Gasteiger partial charge on any atom is -0.466 e. The molecule has 94 valence electrons. The Kier molecular flexibility index (Phi) is 3.47. The lowest BCUT2D eigenvalue weighted by Crippen LogP contribution is -2.24. The molecule has 1 aromatic heterocycles. The summed E-state index contributed by atoms with van der Waals surface area (Å²) >= 11 is 0. The van der Waals surface area contributed by atoms with Crippen LogP contribution < -0.4 is 5.32 Å². The lowest BCUT2D eigenvalue weighted by atomic mass is 9.89. The molecule has 0 saturated carbocycles. The van der Waals surface area contributed by atoms with Crippen LogP contribution in [0.1, 0.15) is 24.1 Å². The van der Waals surface area contributed by atoms with E-state index in [2.05, 4.69) is 10.4 Å². The van der Waals surface area contributed by atoms with Gasteiger partial charge in [0.15, 0.2) is 0 Å². The third kappa shape index (κ3) is 2.34. The second-order valence-corrected chi connectivity index (χ2v) is 4.47. The first-order valence-electron chi connectivity index (χ1n) is 6.01. The normalized spacial score (nSPS) is 23.9. The number of hydrogen-bond donors (Lipinski definition) is 1. The summed E-state index contributed by atoms with van der Waals surface area (Å²) in [6.45, 7) is 5.77. The van der Waals surface area contributed by atoms with E-state index in [0.717, 1.165) is 17.8 Å². The van der Waals surface area contributed by atoms with Crippen molar-refractivity contribution in [1.29, 1.82) is 0 Å². The Bertz CT molecular complexity index is 414. The predicted octanol–water partition coefficient (Wildman–Crippen LogP) is 0.595. The number of carbonyl (C=O) groups excluding carboxylic acids is 1. The second kappa shape index (κ2) is 4.87. The van der Waals surface area contributed by atoms with Gasteiger partial charge in [0.25, 0.3) is 0 Å². The first kappa shape index (κ1) is 12.1. The number of esters is 1. The van der Waals surface area contributed by atoms with Crippen LogP contribution in [0.4, 0.5) is 0 Å². The van der Waals surface area contributed by atoms with Gasteiger partial charge in [0.05, 0.1) is 18.2 Å². The molecule has 1 saturated heterocycles. The molecule has 17 heavy (non-hydrogen) atoms. The SMILES string of the molecule is CCOC(=O)C1CNCC1c1cn(C)nc1C. The number of aryl methyl sites for hydroxylation is 2. The van der Waals surface area contributed by atoms with Crippen molar-refractivity contribution in [2.24, 2.45) is 13.0 Å². The lowest BCUT2D eigenvalue weighted by Gasteiger charge is -2.16. The lowest BCUT2D eigenvalue weighted by molar-refractivity contribution is -0.147. The summed E-state index contributed by atoms with van der Waals surface area (Å²) in [6.07, 6.45) is 2.00. The highest BCUT2D eigenvalue weighted by Crippen LogP contribution is 2.30. The summed E-state index contributed by atoms with van der Waals surface area (Å²) in [5.74, 6) is -0.00801. The van der Waals surface area contributed by atoms with E-state index in [-0.39, 0.29) is 17.8 Å². The van der Waals surface area contributed by atoms with Gasteiger partial charge in [0.2, 0.25) is 0 Å². The van der Waals surface area contributed by atoms with Crippen molar-refractivity contribution >= 4 is 5.97 Å². The fourth-order valence-electron chi connectivity index (χ4n) is 2.48. The fraction of sp³-hybridized carbons (Fsp3) is 0.667. The van der Waals surface area contributed by atoms with Crippen molar-refractivity contribution < 1.29 is 9.53 Å². The highest BCUT2D eigenvalue weighted by atomic mass is 16.5. The second-order valence-electron chi connectivity index (χ2n) is 4.47. The Balaban J connectivity index is 2.19. The molecule has 0 aliphatic carbocycles. The van der Waals surface area contributed by atoms with E-state index >= 15 is 0 Å². The van der Waals surface area contributed by atoms with Crippen LogP contribution in [0.2, 0.25) is 0 Å². The minimum atomic E-state index is -0.106. The molecule has 1 aromatic rings. The number of aromatic nitrogens is 2. The molecule has 2 rings (SSSR count). The number of hydrogen-bond acceptors (Lipinski definition) is 4. The van der Waals surface area contributed by atoms with Crippen molar-refractivity contribution in [1.82, 2.24) is 15.1 Å². The van der Waals surface area contributed by atoms with E-state index in [1.807, 2.05) is 27.1 Å². The van der Waals surface area contributed by atoms with Crippen LogP contribution in [0.3, 0.4) is 0 Å². The topological polar surface area (TPSA) is 56.1 Å². The molecule has 2 heterocycles. The summed E-state index contributed by atoms with van der Waals surface area (Å²) < 4.78 is 6.91. The maximum atomic E-state index is 11.9. The average Bonchev–Trinajstić information content (AvgIpc) is 2.84. The molecule has 0 amide bonds. The molecular weight excluding hydrogens is 218 g/mol. The van der Waals surface area contributed by atoms with Gasteiger partial charge in [-0.25, -0.2) is 0 Å². The van der Waals surface area contributed by atoms with Crippen LogP contribution in [0.25, 0.3) is 0 Å².